The second kappa shape index (κ2) is 8.87. The van der Waals surface area contributed by atoms with Gasteiger partial charge < -0.3 is 20.3 Å². The Morgan fingerprint density at radius 1 is 1.39 bits per heavy atom. The highest BCUT2D eigenvalue weighted by molar-refractivity contribution is 5.91. The van der Waals surface area contributed by atoms with Crippen LogP contribution in [0.15, 0.2) is 31.1 Å². The van der Waals surface area contributed by atoms with Crippen LogP contribution in [0.2, 0.25) is 0 Å². The van der Waals surface area contributed by atoms with Gasteiger partial charge in [0, 0.05) is 45.0 Å². The molecule has 1 aliphatic heterocycles. The molecular formula is C21H25N9O. The Labute approximate surface area is 180 Å². The number of nitriles is 1. The summed E-state index contributed by atoms with van der Waals surface area (Å²) in [5.74, 6) is 2.45. The van der Waals surface area contributed by atoms with Gasteiger partial charge in [0.05, 0.1) is 24.2 Å². The van der Waals surface area contributed by atoms with Crippen molar-refractivity contribution in [2.24, 2.45) is 7.05 Å². The second-order valence-electron chi connectivity index (χ2n) is 7.36. The average Bonchev–Trinajstić information content (AvgIpc) is 3.12. The molecule has 3 aromatic rings. The Morgan fingerprint density at radius 2 is 2.26 bits per heavy atom. The molecule has 4 heterocycles. The maximum atomic E-state index is 9.10. The summed E-state index contributed by atoms with van der Waals surface area (Å²) in [6.45, 7) is 6.08. The maximum Gasteiger partial charge on any atom is 0.236 e. The summed E-state index contributed by atoms with van der Waals surface area (Å²) in [4.78, 5) is 15.5. The first-order valence-corrected chi connectivity index (χ1v) is 10.1. The molecule has 10 heteroatoms. The molecule has 1 saturated heterocycles. The van der Waals surface area contributed by atoms with Crippen molar-refractivity contribution in [2.75, 3.05) is 42.3 Å². The summed E-state index contributed by atoms with van der Waals surface area (Å²) in [5, 5.41) is 21.3. The molecule has 3 aromatic heterocycles. The van der Waals surface area contributed by atoms with Gasteiger partial charge in [-0.3, -0.25) is 4.68 Å². The van der Waals surface area contributed by atoms with Crippen LogP contribution >= 0.6 is 0 Å². The van der Waals surface area contributed by atoms with Crippen LogP contribution in [0.5, 0.6) is 5.88 Å². The van der Waals surface area contributed by atoms with Crippen LogP contribution in [0.1, 0.15) is 18.4 Å². The predicted molar refractivity (Wildman–Crippen MR) is 119 cm³/mol. The number of nitrogens with zero attached hydrogens (tertiary/aromatic N) is 7. The third-order valence-corrected chi connectivity index (χ3v) is 5.28. The van der Waals surface area contributed by atoms with Gasteiger partial charge >= 0.3 is 0 Å². The third-order valence-electron chi connectivity index (χ3n) is 5.28. The quantitative estimate of drug-likeness (QED) is 0.556. The number of hydrogen-bond acceptors (Lipinski definition) is 9. The first-order chi connectivity index (χ1) is 15.1. The highest BCUT2D eigenvalue weighted by Gasteiger charge is 2.23. The Hall–Kier alpha value is -3.87. The molecule has 0 spiro atoms. The van der Waals surface area contributed by atoms with Gasteiger partial charge in [-0.1, -0.05) is 6.08 Å². The largest absolute Gasteiger partial charge is 0.480 e. The van der Waals surface area contributed by atoms with Crippen LogP contribution < -0.4 is 20.3 Å². The summed E-state index contributed by atoms with van der Waals surface area (Å²) in [5.41, 5.74) is 1.33. The van der Waals surface area contributed by atoms with E-state index >= 15 is 0 Å². The van der Waals surface area contributed by atoms with E-state index in [9.17, 15) is 0 Å². The number of piperidine rings is 1. The summed E-state index contributed by atoms with van der Waals surface area (Å²) >= 11 is 0. The zero-order chi connectivity index (χ0) is 21.8. The van der Waals surface area contributed by atoms with Crippen LogP contribution in [0.3, 0.4) is 0 Å². The van der Waals surface area contributed by atoms with E-state index < -0.39 is 0 Å². The molecule has 160 valence electrons. The number of anilines is 3. The summed E-state index contributed by atoms with van der Waals surface area (Å²) in [6.07, 6.45) is 7.16. The molecule has 1 atom stereocenters. The number of aromatic nitrogens is 5. The summed E-state index contributed by atoms with van der Waals surface area (Å²) in [7, 11) is 3.43. The van der Waals surface area contributed by atoms with Crippen molar-refractivity contribution in [2.45, 2.75) is 18.9 Å². The van der Waals surface area contributed by atoms with Gasteiger partial charge in [0.15, 0.2) is 5.82 Å². The molecule has 0 amide bonds. The number of methoxy groups -OCH3 is 1. The van der Waals surface area contributed by atoms with Crippen molar-refractivity contribution in [3.05, 3.63) is 36.7 Å². The van der Waals surface area contributed by atoms with E-state index in [1.165, 1.54) is 13.3 Å². The van der Waals surface area contributed by atoms with Crippen molar-refractivity contribution in [1.82, 2.24) is 24.7 Å². The molecule has 2 N–H and O–H groups in total. The number of pyridine rings is 1. The molecule has 0 unspecified atom stereocenters. The second-order valence-corrected chi connectivity index (χ2v) is 7.36. The highest BCUT2D eigenvalue weighted by atomic mass is 16.5. The van der Waals surface area contributed by atoms with Gasteiger partial charge in [-0.2, -0.15) is 15.3 Å². The fraction of sp³-hybridized carbons (Fsp3) is 0.381. The summed E-state index contributed by atoms with van der Waals surface area (Å²) < 4.78 is 7.05. The number of ether oxygens (including phenoxy) is 1. The molecule has 1 fully saturated rings. The van der Waals surface area contributed by atoms with Crippen LogP contribution in [0.25, 0.3) is 10.9 Å². The highest BCUT2D eigenvalue weighted by Crippen LogP contribution is 2.27. The minimum absolute atomic E-state index is 0.153. The van der Waals surface area contributed by atoms with Crippen LogP contribution in [0, 0.1) is 11.3 Å². The molecule has 0 radical (unpaired) electrons. The van der Waals surface area contributed by atoms with Gasteiger partial charge in [-0.05, 0) is 12.8 Å². The molecule has 31 heavy (non-hydrogen) atoms. The van der Waals surface area contributed by atoms with Gasteiger partial charge in [0.1, 0.15) is 17.5 Å². The molecule has 4 rings (SSSR count). The zero-order valence-corrected chi connectivity index (χ0v) is 17.7. The minimum Gasteiger partial charge on any atom is -0.480 e. The normalized spacial score (nSPS) is 16.0. The van der Waals surface area contributed by atoms with Crippen LogP contribution in [-0.2, 0) is 7.05 Å². The Kier molecular flexibility index (Phi) is 5.84. The number of fused-ring (bicyclic) bond motifs is 1. The van der Waals surface area contributed by atoms with Crippen molar-refractivity contribution < 1.29 is 4.74 Å². The number of nitrogens with one attached hydrogen (secondary N) is 2. The standard InChI is InChI=1S/C21H25N9O/c1-4-7-23-19-16-12-24-18(9-17(16)29(2)28-19)30-8-5-6-15(13-30)26-21-25-11-14(10-22)20(27-21)31-3/h4,9,11-12,15H,1,5-8,13H2,2-3H3,(H,23,28)(H,25,26,27)/t15-/m1/s1. The zero-order valence-electron chi connectivity index (χ0n) is 17.7. The average molecular weight is 419 g/mol. The van der Waals surface area contributed by atoms with E-state index in [1.807, 2.05) is 24.0 Å². The van der Waals surface area contributed by atoms with Crippen molar-refractivity contribution >= 4 is 28.5 Å². The van der Waals surface area contributed by atoms with E-state index in [1.54, 1.807) is 6.08 Å². The fourth-order valence-electron chi connectivity index (χ4n) is 3.77. The monoisotopic (exact) mass is 419 g/mol. The van der Waals surface area contributed by atoms with Gasteiger partial charge in [0.2, 0.25) is 11.8 Å². The Morgan fingerprint density at radius 3 is 3.03 bits per heavy atom. The topological polar surface area (TPSA) is 117 Å². The molecule has 0 saturated carbocycles. The molecule has 1 aliphatic rings. The number of rotatable bonds is 7. The SMILES string of the molecule is C=CCNc1nn(C)c2cc(N3CCC[C@@H](Nc4ncc(C#N)c(OC)n4)C3)ncc12. The Balaban J connectivity index is 1.51. The summed E-state index contributed by atoms with van der Waals surface area (Å²) in [6, 6.07) is 4.25. The van der Waals surface area contributed by atoms with Crippen molar-refractivity contribution in [1.29, 1.82) is 5.26 Å². The lowest BCUT2D eigenvalue weighted by molar-refractivity contribution is 0.395. The molecule has 0 bridgehead atoms. The van der Waals surface area contributed by atoms with Crippen LogP contribution in [0.4, 0.5) is 17.6 Å². The lowest BCUT2D eigenvalue weighted by atomic mass is 10.1. The lowest BCUT2D eigenvalue weighted by Gasteiger charge is -2.34. The fourth-order valence-corrected chi connectivity index (χ4v) is 3.77. The third kappa shape index (κ3) is 4.21. The van der Waals surface area contributed by atoms with Gasteiger partial charge in [-0.15, -0.1) is 6.58 Å². The van der Waals surface area contributed by atoms with Gasteiger partial charge in [-0.25, -0.2) is 9.97 Å². The first kappa shape index (κ1) is 20.4. The molecule has 10 nitrogen and oxygen atoms in total. The number of aryl methyl sites for hydroxylation is 1. The van der Waals surface area contributed by atoms with Crippen molar-refractivity contribution in [3.63, 3.8) is 0 Å². The predicted octanol–water partition coefficient (Wildman–Crippen LogP) is 2.32. The number of hydrogen-bond donors (Lipinski definition) is 2. The van der Waals surface area contributed by atoms with E-state index in [2.05, 4.69) is 43.2 Å². The Bertz CT molecular complexity index is 1130. The van der Waals surface area contributed by atoms with E-state index in [-0.39, 0.29) is 11.9 Å². The van der Waals surface area contributed by atoms with Gasteiger partial charge in [0.25, 0.3) is 0 Å². The van der Waals surface area contributed by atoms with E-state index in [0.717, 1.165) is 48.5 Å². The molecular weight excluding hydrogens is 394 g/mol. The first-order valence-electron chi connectivity index (χ1n) is 10.1. The maximum absolute atomic E-state index is 9.10. The smallest absolute Gasteiger partial charge is 0.236 e. The molecule has 0 aliphatic carbocycles. The lowest BCUT2D eigenvalue weighted by Crippen LogP contribution is -2.42. The molecule has 0 aromatic carbocycles. The van der Waals surface area contributed by atoms with E-state index in [4.69, 9.17) is 15.0 Å². The van der Waals surface area contributed by atoms with Crippen molar-refractivity contribution in [3.8, 4) is 11.9 Å². The minimum atomic E-state index is 0.153. The van der Waals surface area contributed by atoms with E-state index in [0.29, 0.717) is 18.1 Å². The van der Waals surface area contributed by atoms with Crippen LogP contribution in [-0.4, -0.2) is 57.5 Å².